The first-order chi connectivity index (χ1) is 16.4. The number of carbonyl (C=O) groups excluding carboxylic acids is 2. The number of carbonyl (C=O) groups is 2. The van der Waals surface area contributed by atoms with E-state index in [2.05, 4.69) is 15.5 Å². The summed E-state index contributed by atoms with van der Waals surface area (Å²) in [6.45, 7) is 8.15. The van der Waals surface area contributed by atoms with Gasteiger partial charge in [0.2, 0.25) is 5.91 Å². The molecule has 8 heteroatoms. The molecule has 0 radical (unpaired) electrons. The summed E-state index contributed by atoms with van der Waals surface area (Å²) in [5.74, 6) is 0.994. The maximum absolute atomic E-state index is 12.8. The van der Waals surface area contributed by atoms with E-state index in [4.69, 9.17) is 9.47 Å². The van der Waals surface area contributed by atoms with Crippen LogP contribution in [-0.2, 0) is 9.59 Å². The summed E-state index contributed by atoms with van der Waals surface area (Å²) in [5, 5.41) is 6.30. The van der Waals surface area contributed by atoms with Crippen molar-refractivity contribution in [3.8, 4) is 11.5 Å². The molecule has 2 amide bonds. The van der Waals surface area contributed by atoms with Crippen LogP contribution in [-0.4, -0.2) is 57.6 Å². The van der Waals surface area contributed by atoms with Gasteiger partial charge in [0.25, 0.3) is 5.91 Å². The predicted molar refractivity (Wildman–Crippen MR) is 137 cm³/mol. The summed E-state index contributed by atoms with van der Waals surface area (Å²) < 4.78 is 10.8. The standard InChI is InChI=1S/C26H34N4O4/c1-7-20(25-19-14-22(33-5)23(34-6)15-21(19)28-26(25)32)27-17-10-12-18(13-11-17)29(4)24(31)16-30(8-2)9-3/h10-15,27H,7-9,16H2,1-6H3,(H,28,32). The number of rotatable bonds is 10. The maximum atomic E-state index is 12.8. The zero-order chi connectivity index (χ0) is 24.8. The molecule has 0 bridgehead atoms. The highest BCUT2D eigenvalue weighted by Gasteiger charge is 2.29. The molecule has 2 aromatic carbocycles. The minimum absolute atomic E-state index is 0.0457. The van der Waals surface area contributed by atoms with Gasteiger partial charge in [0.1, 0.15) is 0 Å². The van der Waals surface area contributed by atoms with Gasteiger partial charge in [0, 0.05) is 35.7 Å². The van der Waals surface area contributed by atoms with Crippen LogP contribution in [0.1, 0.15) is 32.8 Å². The van der Waals surface area contributed by atoms with Crippen LogP contribution in [0, 0.1) is 0 Å². The minimum Gasteiger partial charge on any atom is -0.493 e. The van der Waals surface area contributed by atoms with Crippen LogP contribution in [0.5, 0.6) is 11.5 Å². The van der Waals surface area contributed by atoms with E-state index in [-0.39, 0.29) is 11.8 Å². The average Bonchev–Trinajstić information content (AvgIpc) is 3.18. The Morgan fingerprint density at radius 2 is 1.62 bits per heavy atom. The SMILES string of the molecule is CCC(Nc1ccc(N(C)C(=O)CN(CC)CC)cc1)=C1C(=O)Nc2cc(OC)c(OC)cc21. The van der Waals surface area contributed by atoms with Crippen LogP contribution in [0.2, 0.25) is 0 Å². The van der Waals surface area contributed by atoms with Gasteiger partial charge in [0.05, 0.1) is 32.0 Å². The molecule has 2 aromatic rings. The number of benzene rings is 2. The third-order valence-corrected chi connectivity index (χ3v) is 6.10. The smallest absolute Gasteiger partial charge is 0.258 e. The summed E-state index contributed by atoms with van der Waals surface area (Å²) in [6.07, 6.45) is 0.626. The molecule has 182 valence electrons. The summed E-state index contributed by atoms with van der Waals surface area (Å²) in [6, 6.07) is 11.2. The van der Waals surface area contributed by atoms with E-state index in [1.54, 1.807) is 32.2 Å². The van der Waals surface area contributed by atoms with Gasteiger partial charge in [-0.25, -0.2) is 0 Å². The van der Waals surface area contributed by atoms with Crippen molar-refractivity contribution >= 4 is 34.4 Å². The lowest BCUT2D eigenvalue weighted by molar-refractivity contribution is -0.119. The molecule has 3 rings (SSSR count). The van der Waals surface area contributed by atoms with Crippen molar-refractivity contribution in [1.82, 2.24) is 4.90 Å². The van der Waals surface area contributed by atoms with Gasteiger partial charge < -0.3 is 25.0 Å². The Kier molecular flexibility index (Phi) is 8.17. The summed E-state index contributed by atoms with van der Waals surface area (Å²) in [4.78, 5) is 29.2. The number of hydrogen-bond donors (Lipinski definition) is 2. The van der Waals surface area contributed by atoms with Crippen molar-refractivity contribution in [2.75, 3.05) is 56.4 Å². The average molecular weight is 467 g/mol. The Labute approximate surface area is 201 Å². The van der Waals surface area contributed by atoms with Gasteiger partial charge >= 0.3 is 0 Å². The van der Waals surface area contributed by atoms with E-state index in [0.29, 0.717) is 35.7 Å². The number of amides is 2. The van der Waals surface area contributed by atoms with Gasteiger partial charge in [-0.15, -0.1) is 0 Å². The van der Waals surface area contributed by atoms with E-state index < -0.39 is 0 Å². The lowest BCUT2D eigenvalue weighted by Gasteiger charge is -2.23. The molecule has 0 aromatic heterocycles. The Hall–Kier alpha value is -3.52. The van der Waals surface area contributed by atoms with Crippen molar-refractivity contribution in [3.63, 3.8) is 0 Å². The lowest BCUT2D eigenvalue weighted by atomic mass is 10.0. The molecule has 0 fully saturated rings. The van der Waals surface area contributed by atoms with E-state index in [9.17, 15) is 9.59 Å². The quantitative estimate of drug-likeness (QED) is 0.511. The number of nitrogens with zero attached hydrogens (tertiary/aromatic N) is 2. The van der Waals surface area contributed by atoms with Gasteiger partial charge in [-0.1, -0.05) is 20.8 Å². The van der Waals surface area contributed by atoms with Crippen molar-refractivity contribution in [3.05, 3.63) is 47.7 Å². The lowest BCUT2D eigenvalue weighted by Crippen LogP contribution is -2.38. The number of hydrogen-bond acceptors (Lipinski definition) is 6. The largest absolute Gasteiger partial charge is 0.493 e. The first-order valence-electron chi connectivity index (χ1n) is 11.5. The summed E-state index contributed by atoms with van der Waals surface area (Å²) in [7, 11) is 4.92. The van der Waals surface area contributed by atoms with Crippen molar-refractivity contribution in [1.29, 1.82) is 0 Å². The van der Waals surface area contributed by atoms with E-state index in [1.807, 2.05) is 51.1 Å². The molecule has 1 aliphatic rings. The minimum atomic E-state index is -0.173. The Bertz CT molecular complexity index is 1070. The fraction of sp³-hybridized carbons (Fsp3) is 0.385. The van der Waals surface area contributed by atoms with Crippen molar-refractivity contribution in [2.24, 2.45) is 0 Å². The molecule has 0 unspecified atom stereocenters. The Morgan fingerprint density at radius 3 is 2.18 bits per heavy atom. The van der Waals surface area contributed by atoms with Gasteiger partial charge in [0.15, 0.2) is 11.5 Å². The van der Waals surface area contributed by atoms with Crippen LogP contribution >= 0.6 is 0 Å². The fourth-order valence-corrected chi connectivity index (χ4v) is 3.95. The fourth-order valence-electron chi connectivity index (χ4n) is 3.95. The van der Waals surface area contributed by atoms with Crippen LogP contribution in [0.4, 0.5) is 17.1 Å². The predicted octanol–water partition coefficient (Wildman–Crippen LogP) is 4.19. The molecule has 0 spiro atoms. The van der Waals surface area contributed by atoms with E-state index in [1.165, 1.54) is 0 Å². The summed E-state index contributed by atoms with van der Waals surface area (Å²) >= 11 is 0. The third-order valence-electron chi connectivity index (χ3n) is 6.10. The molecule has 0 aliphatic carbocycles. The number of fused-ring (bicyclic) bond motifs is 1. The second-order valence-electron chi connectivity index (χ2n) is 8.00. The Balaban J connectivity index is 1.84. The molecular formula is C26H34N4O4. The van der Waals surface area contributed by atoms with E-state index in [0.717, 1.165) is 35.7 Å². The molecule has 0 atom stereocenters. The number of nitrogens with one attached hydrogen (secondary N) is 2. The van der Waals surface area contributed by atoms with Crippen molar-refractivity contribution < 1.29 is 19.1 Å². The second kappa shape index (κ2) is 11.1. The number of ether oxygens (including phenoxy) is 2. The Morgan fingerprint density at radius 1 is 1.00 bits per heavy atom. The maximum Gasteiger partial charge on any atom is 0.258 e. The van der Waals surface area contributed by atoms with Crippen molar-refractivity contribution in [2.45, 2.75) is 27.2 Å². The van der Waals surface area contributed by atoms with Gasteiger partial charge in [-0.05, 0) is 49.8 Å². The number of likely N-dealkylation sites (N-methyl/N-ethyl adjacent to an activating group) is 2. The number of methoxy groups -OCH3 is 2. The molecule has 0 saturated carbocycles. The molecule has 8 nitrogen and oxygen atoms in total. The molecule has 34 heavy (non-hydrogen) atoms. The molecule has 0 saturated heterocycles. The van der Waals surface area contributed by atoms with Crippen LogP contribution in [0.25, 0.3) is 5.57 Å². The topological polar surface area (TPSA) is 83.1 Å². The number of anilines is 3. The van der Waals surface area contributed by atoms with Crippen LogP contribution in [0.3, 0.4) is 0 Å². The second-order valence-corrected chi connectivity index (χ2v) is 8.00. The van der Waals surface area contributed by atoms with Crippen LogP contribution in [0.15, 0.2) is 42.1 Å². The molecular weight excluding hydrogens is 432 g/mol. The van der Waals surface area contributed by atoms with Gasteiger partial charge in [-0.2, -0.15) is 0 Å². The summed E-state index contributed by atoms with van der Waals surface area (Å²) in [5.41, 5.74) is 4.48. The van der Waals surface area contributed by atoms with Crippen LogP contribution < -0.4 is 25.0 Å². The number of allylic oxidation sites excluding steroid dienone is 1. The molecule has 2 N–H and O–H groups in total. The molecule has 1 heterocycles. The molecule has 1 aliphatic heterocycles. The zero-order valence-electron chi connectivity index (χ0n) is 20.8. The first kappa shape index (κ1) is 25.1. The first-order valence-corrected chi connectivity index (χ1v) is 11.5. The highest BCUT2D eigenvalue weighted by Crippen LogP contribution is 2.42. The normalized spacial score (nSPS) is 13.9. The third kappa shape index (κ3) is 5.17. The van der Waals surface area contributed by atoms with E-state index >= 15 is 0 Å². The monoisotopic (exact) mass is 466 g/mol. The highest BCUT2D eigenvalue weighted by atomic mass is 16.5. The zero-order valence-corrected chi connectivity index (χ0v) is 20.8. The van der Waals surface area contributed by atoms with Gasteiger partial charge in [-0.3, -0.25) is 14.5 Å². The highest BCUT2D eigenvalue weighted by molar-refractivity contribution is 6.32.